The number of nitrogens with zero attached hydrogens (tertiary/aromatic N) is 3. The Morgan fingerprint density at radius 2 is 2.19 bits per heavy atom. The van der Waals surface area contributed by atoms with Crippen LogP contribution >= 0.6 is 11.8 Å². The molecular formula is C10H15N3O2S. The van der Waals surface area contributed by atoms with E-state index in [0.29, 0.717) is 5.95 Å². The van der Waals surface area contributed by atoms with Gasteiger partial charge in [-0.05, 0) is 13.0 Å². The maximum Gasteiger partial charge on any atom is 0.316 e. The normalized spacial score (nSPS) is 10.0. The van der Waals surface area contributed by atoms with Crippen molar-refractivity contribution in [3.05, 3.63) is 11.8 Å². The van der Waals surface area contributed by atoms with Gasteiger partial charge in [-0.3, -0.25) is 4.79 Å². The summed E-state index contributed by atoms with van der Waals surface area (Å²) in [6.07, 6.45) is 0. The molecule has 0 unspecified atom stereocenters. The molecule has 1 aromatic rings. The minimum atomic E-state index is -0.257. The van der Waals surface area contributed by atoms with Gasteiger partial charge in [0.15, 0.2) is 0 Å². The van der Waals surface area contributed by atoms with Crippen LogP contribution in [0.25, 0.3) is 0 Å². The predicted octanol–water partition coefficient (Wildman–Crippen LogP) is 1.12. The summed E-state index contributed by atoms with van der Waals surface area (Å²) in [5, 5.41) is 0.779. The van der Waals surface area contributed by atoms with E-state index in [-0.39, 0.29) is 11.7 Å². The molecule has 0 aromatic carbocycles. The number of esters is 1. The number of hydrogen-bond donors (Lipinski definition) is 0. The molecule has 0 aliphatic heterocycles. The van der Waals surface area contributed by atoms with Crippen molar-refractivity contribution in [2.75, 3.05) is 31.9 Å². The third-order valence-corrected chi connectivity index (χ3v) is 2.67. The second-order valence-electron chi connectivity index (χ2n) is 3.41. The van der Waals surface area contributed by atoms with E-state index in [1.807, 2.05) is 32.0 Å². The smallest absolute Gasteiger partial charge is 0.316 e. The molecule has 0 radical (unpaired) electrons. The van der Waals surface area contributed by atoms with Crippen molar-refractivity contribution in [1.29, 1.82) is 0 Å². The fourth-order valence-electron chi connectivity index (χ4n) is 0.990. The highest BCUT2D eigenvalue weighted by molar-refractivity contribution is 7.99. The largest absolute Gasteiger partial charge is 0.468 e. The van der Waals surface area contributed by atoms with Gasteiger partial charge < -0.3 is 9.64 Å². The molecule has 0 aliphatic rings. The van der Waals surface area contributed by atoms with Crippen LogP contribution in [0.1, 0.15) is 5.69 Å². The lowest BCUT2D eigenvalue weighted by Crippen LogP contribution is -2.13. The number of hydrogen-bond acceptors (Lipinski definition) is 6. The second kappa shape index (κ2) is 5.69. The molecule has 0 amide bonds. The second-order valence-corrected chi connectivity index (χ2v) is 4.40. The van der Waals surface area contributed by atoms with E-state index in [4.69, 9.17) is 0 Å². The summed E-state index contributed by atoms with van der Waals surface area (Å²) in [7, 11) is 5.13. The van der Waals surface area contributed by atoms with Crippen LogP contribution in [-0.4, -0.2) is 42.9 Å². The zero-order valence-corrected chi connectivity index (χ0v) is 10.7. The van der Waals surface area contributed by atoms with E-state index in [2.05, 4.69) is 14.7 Å². The number of rotatable bonds is 4. The number of methoxy groups -OCH3 is 1. The molecule has 88 valence electrons. The Morgan fingerprint density at radius 1 is 1.50 bits per heavy atom. The van der Waals surface area contributed by atoms with Crippen molar-refractivity contribution >= 4 is 23.7 Å². The molecule has 5 nitrogen and oxygen atoms in total. The van der Waals surface area contributed by atoms with Gasteiger partial charge in [0, 0.05) is 19.8 Å². The Bertz CT molecular complexity index is 382. The summed E-state index contributed by atoms with van der Waals surface area (Å²) in [4.78, 5) is 21.4. The summed E-state index contributed by atoms with van der Waals surface area (Å²) in [6, 6.07) is 1.85. The SMILES string of the molecule is COC(=O)CSc1cc(C)nc(N(C)C)n1. The first-order valence-electron chi connectivity index (χ1n) is 4.75. The van der Waals surface area contributed by atoms with E-state index in [1.54, 1.807) is 0 Å². The quantitative estimate of drug-likeness (QED) is 0.447. The highest BCUT2D eigenvalue weighted by Gasteiger charge is 2.07. The van der Waals surface area contributed by atoms with Crippen LogP contribution in [0.4, 0.5) is 5.95 Å². The van der Waals surface area contributed by atoms with Crippen molar-refractivity contribution in [2.24, 2.45) is 0 Å². The molecule has 1 aromatic heterocycles. The van der Waals surface area contributed by atoms with Crippen LogP contribution < -0.4 is 4.90 Å². The molecule has 1 heterocycles. The lowest BCUT2D eigenvalue weighted by molar-refractivity contribution is -0.137. The van der Waals surface area contributed by atoms with E-state index >= 15 is 0 Å². The number of carbonyl (C=O) groups is 1. The van der Waals surface area contributed by atoms with E-state index < -0.39 is 0 Å². The van der Waals surface area contributed by atoms with Crippen molar-refractivity contribution in [1.82, 2.24) is 9.97 Å². The van der Waals surface area contributed by atoms with Crippen molar-refractivity contribution in [3.8, 4) is 0 Å². The Balaban J connectivity index is 2.76. The number of aryl methyl sites for hydroxylation is 1. The Hall–Kier alpha value is -1.30. The molecule has 16 heavy (non-hydrogen) atoms. The monoisotopic (exact) mass is 241 g/mol. The summed E-state index contributed by atoms with van der Waals surface area (Å²) in [5.41, 5.74) is 0.881. The first-order valence-corrected chi connectivity index (χ1v) is 5.74. The highest BCUT2D eigenvalue weighted by atomic mass is 32.2. The van der Waals surface area contributed by atoms with Crippen molar-refractivity contribution in [2.45, 2.75) is 11.9 Å². The molecular weight excluding hydrogens is 226 g/mol. The molecule has 0 fully saturated rings. The van der Waals surface area contributed by atoms with Crippen molar-refractivity contribution < 1.29 is 9.53 Å². The van der Waals surface area contributed by atoms with Crippen LogP contribution in [-0.2, 0) is 9.53 Å². The molecule has 0 atom stereocenters. The average molecular weight is 241 g/mol. The van der Waals surface area contributed by atoms with E-state index in [1.165, 1.54) is 18.9 Å². The molecule has 0 saturated carbocycles. The maximum atomic E-state index is 11.0. The lowest BCUT2D eigenvalue weighted by atomic mass is 10.4. The van der Waals surface area contributed by atoms with Gasteiger partial charge in [0.05, 0.1) is 12.9 Å². The number of anilines is 1. The van der Waals surface area contributed by atoms with Gasteiger partial charge in [-0.25, -0.2) is 9.97 Å². The maximum absolute atomic E-state index is 11.0. The van der Waals surface area contributed by atoms with Crippen LogP contribution in [0.2, 0.25) is 0 Å². The Kier molecular flexibility index (Phi) is 4.54. The lowest BCUT2D eigenvalue weighted by Gasteiger charge is -2.11. The number of aromatic nitrogens is 2. The minimum absolute atomic E-state index is 0.257. The minimum Gasteiger partial charge on any atom is -0.468 e. The van der Waals surface area contributed by atoms with E-state index in [0.717, 1.165) is 10.7 Å². The molecule has 6 heteroatoms. The molecule has 0 N–H and O–H groups in total. The van der Waals surface area contributed by atoms with Gasteiger partial charge in [-0.15, -0.1) is 0 Å². The standard InChI is InChI=1S/C10H15N3O2S/c1-7-5-8(16-6-9(14)15-4)12-10(11-7)13(2)3/h5H,6H2,1-4H3. The molecule has 0 saturated heterocycles. The highest BCUT2D eigenvalue weighted by Crippen LogP contribution is 2.18. The first kappa shape index (κ1) is 12.8. The Morgan fingerprint density at radius 3 is 2.75 bits per heavy atom. The fourth-order valence-corrected chi connectivity index (χ4v) is 1.77. The van der Waals surface area contributed by atoms with Crippen LogP contribution in [0, 0.1) is 6.92 Å². The molecule has 0 bridgehead atoms. The van der Waals surface area contributed by atoms with Gasteiger partial charge in [0.2, 0.25) is 5.95 Å². The zero-order valence-electron chi connectivity index (χ0n) is 9.85. The van der Waals surface area contributed by atoms with Gasteiger partial charge >= 0.3 is 5.97 Å². The van der Waals surface area contributed by atoms with Crippen LogP contribution in [0.15, 0.2) is 11.1 Å². The van der Waals surface area contributed by atoms with Gasteiger partial charge in [0.1, 0.15) is 5.03 Å². The average Bonchev–Trinajstić information content (AvgIpc) is 2.25. The van der Waals surface area contributed by atoms with Crippen LogP contribution in [0.5, 0.6) is 0 Å². The molecule has 0 spiro atoms. The van der Waals surface area contributed by atoms with Crippen LogP contribution in [0.3, 0.4) is 0 Å². The van der Waals surface area contributed by atoms with Crippen molar-refractivity contribution in [3.63, 3.8) is 0 Å². The molecule has 1 rings (SSSR count). The number of carbonyl (C=O) groups excluding carboxylic acids is 1. The Labute approximate surface area is 99.2 Å². The fraction of sp³-hybridized carbons (Fsp3) is 0.500. The summed E-state index contributed by atoms with van der Waals surface area (Å²) >= 11 is 1.35. The third kappa shape index (κ3) is 3.69. The summed E-state index contributed by atoms with van der Waals surface area (Å²) < 4.78 is 4.57. The predicted molar refractivity (Wildman–Crippen MR) is 63.8 cm³/mol. The number of thioether (sulfide) groups is 1. The zero-order chi connectivity index (χ0) is 12.1. The van der Waals surface area contributed by atoms with E-state index in [9.17, 15) is 4.79 Å². The third-order valence-electron chi connectivity index (χ3n) is 1.78. The van der Waals surface area contributed by atoms with Gasteiger partial charge in [-0.2, -0.15) is 0 Å². The first-order chi connectivity index (χ1) is 7.52. The number of ether oxygens (including phenoxy) is 1. The van der Waals surface area contributed by atoms with Gasteiger partial charge in [-0.1, -0.05) is 11.8 Å². The summed E-state index contributed by atoms with van der Waals surface area (Å²) in [5.74, 6) is 0.653. The van der Waals surface area contributed by atoms with Gasteiger partial charge in [0.25, 0.3) is 0 Å². The molecule has 0 aliphatic carbocycles. The summed E-state index contributed by atoms with van der Waals surface area (Å²) in [6.45, 7) is 1.90. The topological polar surface area (TPSA) is 55.3 Å².